The zero-order valence-corrected chi connectivity index (χ0v) is 11.5. The van der Waals surface area contributed by atoms with E-state index in [1.807, 2.05) is 13.8 Å². The summed E-state index contributed by atoms with van der Waals surface area (Å²) in [6, 6.07) is 2.76. The molecule has 1 fully saturated rings. The molecule has 8 heteroatoms. The number of hydrogen-bond acceptors (Lipinski definition) is 5. The first-order valence-corrected chi connectivity index (χ1v) is 5.79. The van der Waals surface area contributed by atoms with Gasteiger partial charge in [-0.3, -0.25) is 14.9 Å². The molecule has 1 aromatic heterocycles. The first-order chi connectivity index (χ1) is 8.50. The van der Waals surface area contributed by atoms with E-state index >= 15 is 0 Å². The van der Waals surface area contributed by atoms with Crippen LogP contribution in [0.25, 0.3) is 0 Å². The molecule has 106 valence electrons. The van der Waals surface area contributed by atoms with Crippen molar-refractivity contribution in [3.05, 3.63) is 28.0 Å². The van der Waals surface area contributed by atoms with Crippen LogP contribution in [0.1, 0.15) is 24.4 Å². The molecule has 0 radical (unpaired) electrons. The third-order valence-corrected chi connectivity index (χ3v) is 3.28. The molecule has 1 amide bonds. The minimum absolute atomic E-state index is 0. The van der Waals surface area contributed by atoms with E-state index in [-0.39, 0.29) is 36.2 Å². The van der Waals surface area contributed by atoms with Gasteiger partial charge in [0.25, 0.3) is 5.91 Å². The molecule has 0 spiro atoms. The number of hydrogen-bond donors (Lipinski definition) is 1. The summed E-state index contributed by atoms with van der Waals surface area (Å²) in [6.45, 7) is 5.21. The number of carbonyl (C=O) groups is 1. The minimum Gasteiger partial charge on any atom is -0.395 e. The Labute approximate surface area is 116 Å². The van der Waals surface area contributed by atoms with Crippen molar-refractivity contribution in [2.24, 2.45) is 0 Å². The highest BCUT2D eigenvalue weighted by atomic mass is 35.5. The van der Waals surface area contributed by atoms with Crippen LogP contribution < -0.4 is 5.32 Å². The molecule has 0 bridgehead atoms. The first kappa shape index (κ1) is 15.5. The summed E-state index contributed by atoms with van der Waals surface area (Å²) >= 11 is 0. The number of rotatable bonds is 2. The molecule has 1 saturated heterocycles. The van der Waals surface area contributed by atoms with E-state index in [4.69, 9.17) is 4.42 Å². The van der Waals surface area contributed by atoms with E-state index in [0.717, 1.165) is 0 Å². The van der Waals surface area contributed by atoms with Crippen LogP contribution in [0.5, 0.6) is 0 Å². The second-order valence-electron chi connectivity index (χ2n) is 4.38. The third kappa shape index (κ3) is 3.05. The Morgan fingerprint density at radius 3 is 2.79 bits per heavy atom. The second-order valence-corrected chi connectivity index (χ2v) is 4.38. The Balaban J connectivity index is 0.00000180. The molecular weight excluding hydrogens is 274 g/mol. The van der Waals surface area contributed by atoms with Gasteiger partial charge in [-0.05, 0) is 19.9 Å². The fourth-order valence-corrected chi connectivity index (χ4v) is 2.03. The van der Waals surface area contributed by atoms with E-state index in [0.29, 0.717) is 13.1 Å². The summed E-state index contributed by atoms with van der Waals surface area (Å²) < 4.78 is 4.93. The van der Waals surface area contributed by atoms with Gasteiger partial charge in [-0.25, -0.2) is 0 Å². The van der Waals surface area contributed by atoms with Crippen LogP contribution in [0.2, 0.25) is 0 Å². The molecule has 0 aromatic carbocycles. The normalized spacial score (nSPS) is 22.7. The Morgan fingerprint density at radius 2 is 2.21 bits per heavy atom. The fraction of sp³-hybridized carbons (Fsp3) is 0.545. The van der Waals surface area contributed by atoms with Crippen molar-refractivity contribution in [2.75, 3.05) is 13.1 Å². The van der Waals surface area contributed by atoms with E-state index in [1.54, 1.807) is 4.90 Å². The van der Waals surface area contributed by atoms with Gasteiger partial charge in [0, 0.05) is 25.2 Å². The second kappa shape index (κ2) is 6.03. The molecule has 1 aliphatic heterocycles. The molecule has 0 aliphatic carbocycles. The van der Waals surface area contributed by atoms with Crippen molar-refractivity contribution in [2.45, 2.75) is 25.9 Å². The quantitative estimate of drug-likeness (QED) is 0.657. The molecule has 2 rings (SSSR count). The van der Waals surface area contributed by atoms with Gasteiger partial charge >= 0.3 is 5.88 Å². The summed E-state index contributed by atoms with van der Waals surface area (Å²) in [5, 5.41) is 13.8. The van der Waals surface area contributed by atoms with Crippen molar-refractivity contribution >= 4 is 24.2 Å². The van der Waals surface area contributed by atoms with Crippen molar-refractivity contribution < 1.29 is 14.1 Å². The lowest BCUT2D eigenvalue weighted by Gasteiger charge is -2.38. The number of nitrogens with one attached hydrogen (secondary N) is 1. The molecule has 1 aliphatic rings. The predicted molar refractivity (Wildman–Crippen MR) is 70.6 cm³/mol. The molecule has 1 N–H and O–H groups in total. The Morgan fingerprint density at radius 1 is 1.53 bits per heavy atom. The van der Waals surface area contributed by atoms with Gasteiger partial charge in [-0.15, -0.1) is 12.4 Å². The Bertz CT molecular complexity index is 476. The summed E-state index contributed by atoms with van der Waals surface area (Å²) in [5.74, 6) is -0.694. The van der Waals surface area contributed by atoms with Gasteiger partial charge in [0.1, 0.15) is 4.92 Å². The number of furan rings is 1. The zero-order chi connectivity index (χ0) is 13.3. The van der Waals surface area contributed by atoms with Crippen LogP contribution in [0.15, 0.2) is 16.5 Å². The standard InChI is InChI=1S/C11H15N3O4.ClH/c1-7-8(2)13(6-5-12-7)11(15)9-3-4-10(18-9)14(16)17;/h3-4,7-8,12H,5-6H2,1-2H3;1H. The van der Waals surface area contributed by atoms with Gasteiger partial charge in [0.2, 0.25) is 0 Å². The van der Waals surface area contributed by atoms with E-state index < -0.39 is 10.8 Å². The molecule has 19 heavy (non-hydrogen) atoms. The summed E-state index contributed by atoms with van der Waals surface area (Å²) in [4.78, 5) is 23.7. The molecular formula is C11H16ClN3O4. The number of nitrogens with zero attached hydrogens (tertiary/aromatic N) is 2. The summed E-state index contributed by atoms with van der Waals surface area (Å²) in [5.41, 5.74) is 0. The van der Waals surface area contributed by atoms with E-state index in [2.05, 4.69) is 5.32 Å². The highest BCUT2D eigenvalue weighted by Gasteiger charge is 2.31. The molecule has 2 unspecified atom stereocenters. The average molecular weight is 290 g/mol. The number of nitro groups is 1. The number of carbonyl (C=O) groups excluding carboxylic acids is 1. The lowest BCUT2D eigenvalue weighted by Crippen LogP contribution is -2.57. The Kier molecular flexibility index (Phi) is 4.90. The average Bonchev–Trinajstić information content (AvgIpc) is 2.81. The van der Waals surface area contributed by atoms with Crippen LogP contribution >= 0.6 is 12.4 Å². The summed E-state index contributed by atoms with van der Waals surface area (Å²) in [7, 11) is 0. The van der Waals surface area contributed by atoms with Crippen LogP contribution in [0.3, 0.4) is 0 Å². The van der Waals surface area contributed by atoms with Crippen molar-refractivity contribution in [3.63, 3.8) is 0 Å². The molecule has 2 heterocycles. The van der Waals surface area contributed by atoms with Crippen molar-refractivity contribution in [3.8, 4) is 0 Å². The van der Waals surface area contributed by atoms with Crippen LogP contribution in [-0.4, -0.2) is 40.9 Å². The van der Waals surface area contributed by atoms with Gasteiger partial charge in [0.15, 0.2) is 5.76 Å². The summed E-state index contributed by atoms with van der Waals surface area (Å²) in [6.07, 6.45) is 0. The Hall–Kier alpha value is -1.60. The maximum absolute atomic E-state index is 12.2. The van der Waals surface area contributed by atoms with Crippen molar-refractivity contribution in [1.29, 1.82) is 0 Å². The largest absolute Gasteiger partial charge is 0.433 e. The number of amides is 1. The van der Waals surface area contributed by atoms with Crippen LogP contribution in [0, 0.1) is 10.1 Å². The predicted octanol–water partition coefficient (Wildman–Crippen LogP) is 1.43. The van der Waals surface area contributed by atoms with Crippen LogP contribution in [0.4, 0.5) is 5.88 Å². The maximum Gasteiger partial charge on any atom is 0.433 e. The topological polar surface area (TPSA) is 88.6 Å². The highest BCUT2D eigenvalue weighted by Crippen LogP contribution is 2.19. The van der Waals surface area contributed by atoms with Gasteiger partial charge in [0.05, 0.1) is 6.07 Å². The minimum atomic E-state index is -0.652. The van der Waals surface area contributed by atoms with E-state index in [9.17, 15) is 14.9 Å². The fourth-order valence-electron chi connectivity index (χ4n) is 2.03. The molecule has 2 atom stereocenters. The number of halogens is 1. The smallest absolute Gasteiger partial charge is 0.395 e. The zero-order valence-electron chi connectivity index (χ0n) is 10.7. The first-order valence-electron chi connectivity index (χ1n) is 5.79. The number of piperazine rings is 1. The maximum atomic E-state index is 12.2. The third-order valence-electron chi connectivity index (χ3n) is 3.28. The van der Waals surface area contributed by atoms with Gasteiger partial charge < -0.3 is 14.6 Å². The lowest BCUT2D eigenvalue weighted by atomic mass is 10.1. The van der Waals surface area contributed by atoms with E-state index in [1.165, 1.54) is 12.1 Å². The molecule has 0 saturated carbocycles. The van der Waals surface area contributed by atoms with Gasteiger partial charge in [-0.1, -0.05) is 0 Å². The molecule has 1 aromatic rings. The monoisotopic (exact) mass is 289 g/mol. The highest BCUT2D eigenvalue weighted by molar-refractivity contribution is 5.92. The lowest BCUT2D eigenvalue weighted by molar-refractivity contribution is -0.402. The van der Waals surface area contributed by atoms with Crippen molar-refractivity contribution in [1.82, 2.24) is 10.2 Å². The van der Waals surface area contributed by atoms with Gasteiger partial charge in [-0.2, -0.15) is 0 Å². The SMILES string of the molecule is CC1NCCN(C(=O)c2ccc([N+](=O)[O-])o2)C1C.Cl. The van der Waals surface area contributed by atoms with Crippen LogP contribution in [-0.2, 0) is 0 Å². The molecule has 7 nitrogen and oxygen atoms in total.